The molecule has 2 aromatic carbocycles. The second-order valence-corrected chi connectivity index (χ2v) is 8.47. The van der Waals surface area contributed by atoms with Crippen LogP contribution < -0.4 is 10.6 Å². The van der Waals surface area contributed by atoms with Crippen LogP contribution in [0.1, 0.15) is 0 Å². The van der Waals surface area contributed by atoms with Crippen LogP contribution in [0, 0.1) is 63.7 Å². The Kier molecular flexibility index (Phi) is 9.63. The molecule has 10 radical (unpaired) electrons. The standard InChI is InChI=1S/C19H16OP.C5H5.Fe/c20-21(18-11-3-1-4-12-18,19-13-5-2-6-14-19)16-15-17-9-7-8-10-17;1-2-4-5-3-1;/h1-16H;1-5H;/b16-15+;;. The third-order valence-electron chi connectivity index (χ3n) is 4.00. The summed E-state index contributed by atoms with van der Waals surface area (Å²) in [4.78, 5) is 0. The fourth-order valence-corrected chi connectivity index (χ4v) is 4.89. The molecule has 27 heavy (non-hydrogen) atoms. The quantitative estimate of drug-likeness (QED) is 0.514. The molecule has 2 aliphatic carbocycles. The first-order valence-electron chi connectivity index (χ1n) is 8.58. The van der Waals surface area contributed by atoms with Gasteiger partial charge in [0.1, 0.15) is 0 Å². The SMILES string of the molecule is O=P(/C=C/[C]1[CH][CH][CH][CH]1)(c1ccccc1)c1ccccc1.[CH]1[CH][CH][CH][CH]1.[Fe]. The van der Waals surface area contributed by atoms with E-state index in [0.29, 0.717) is 0 Å². The zero-order valence-electron chi connectivity index (χ0n) is 14.8. The molecular formula is C24H21FeOP. The van der Waals surface area contributed by atoms with Crippen molar-refractivity contribution in [2.24, 2.45) is 0 Å². The molecule has 3 heteroatoms. The molecule has 136 valence electrons. The van der Waals surface area contributed by atoms with Gasteiger partial charge in [0.15, 0.2) is 7.14 Å². The summed E-state index contributed by atoms with van der Waals surface area (Å²) in [5.74, 6) is 2.93. The topological polar surface area (TPSA) is 17.1 Å². The first kappa shape index (κ1) is 22.2. The van der Waals surface area contributed by atoms with Crippen LogP contribution >= 0.6 is 7.14 Å². The van der Waals surface area contributed by atoms with Gasteiger partial charge in [0.25, 0.3) is 0 Å². The number of benzene rings is 2. The van der Waals surface area contributed by atoms with Crippen molar-refractivity contribution in [1.29, 1.82) is 0 Å². The van der Waals surface area contributed by atoms with Gasteiger partial charge >= 0.3 is 0 Å². The van der Waals surface area contributed by atoms with Crippen LogP contribution in [0.15, 0.2) is 72.6 Å². The smallest absolute Gasteiger partial charge is 0.163 e. The second kappa shape index (κ2) is 11.7. The minimum Gasteiger partial charge on any atom is -0.309 e. The van der Waals surface area contributed by atoms with E-state index in [0.717, 1.165) is 16.5 Å². The molecule has 0 aliphatic heterocycles. The van der Waals surface area contributed by atoms with Gasteiger partial charge in [-0.3, -0.25) is 0 Å². The van der Waals surface area contributed by atoms with E-state index in [1.165, 1.54) is 0 Å². The summed E-state index contributed by atoms with van der Waals surface area (Å²) in [5, 5.41) is 1.72. The number of hydrogen-bond acceptors (Lipinski definition) is 1. The van der Waals surface area contributed by atoms with E-state index in [2.05, 4.69) is 0 Å². The molecule has 1 nitrogen and oxygen atoms in total. The van der Waals surface area contributed by atoms with E-state index >= 15 is 0 Å². The third kappa shape index (κ3) is 6.49. The van der Waals surface area contributed by atoms with Gasteiger partial charge < -0.3 is 4.57 Å². The summed E-state index contributed by atoms with van der Waals surface area (Å²) in [6, 6.07) is 19.4. The summed E-state index contributed by atoms with van der Waals surface area (Å²) < 4.78 is 13.6. The Hall–Kier alpha value is -1.07. The predicted octanol–water partition coefficient (Wildman–Crippen LogP) is 4.94. The molecule has 0 N–H and O–H groups in total. The van der Waals surface area contributed by atoms with Crippen molar-refractivity contribution < 1.29 is 21.6 Å². The van der Waals surface area contributed by atoms with Gasteiger partial charge in [0, 0.05) is 33.6 Å². The molecule has 2 saturated carbocycles. The second-order valence-electron chi connectivity index (χ2n) is 5.83. The van der Waals surface area contributed by atoms with Gasteiger partial charge in [0.2, 0.25) is 0 Å². The van der Waals surface area contributed by atoms with Gasteiger partial charge in [-0.15, -0.1) is 0 Å². The van der Waals surface area contributed by atoms with Crippen LogP contribution in [0.3, 0.4) is 0 Å². The molecule has 0 heterocycles. The maximum absolute atomic E-state index is 13.6. The number of rotatable bonds is 4. The van der Waals surface area contributed by atoms with E-state index in [4.69, 9.17) is 0 Å². The largest absolute Gasteiger partial charge is 0.309 e. The fourth-order valence-electron chi connectivity index (χ4n) is 2.63. The summed E-state index contributed by atoms with van der Waals surface area (Å²) >= 11 is 0. The van der Waals surface area contributed by atoms with Crippen molar-refractivity contribution in [3.63, 3.8) is 0 Å². The van der Waals surface area contributed by atoms with Gasteiger partial charge in [-0.05, 0) is 63.6 Å². The number of allylic oxidation sites excluding steroid dienone is 1. The molecule has 4 rings (SSSR count). The molecule has 0 saturated heterocycles. The molecule has 2 aromatic rings. The van der Waals surface area contributed by atoms with Crippen molar-refractivity contribution in [2.75, 3.05) is 0 Å². The Morgan fingerprint density at radius 1 is 0.593 bits per heavy atom. The van der Waals surface area contributed by atoms with Gasteiger partial charge in [0.05, 0.1) is 0 Å². The Morgan fingerprint density at radius 2 is 1.00 bits per heavy atom. The van der Waals surface area contributed by atoms with Gasteiger partial charge in [-0.25, -0.2) is 0 Å². The van der Waals surface area contributed by atoms with E-state index in [9.17, 15) is 4.57 Å². The zero-order chi connectivity index (χ0) is 18.1. The van der Waals surface area contributed by atoms with Gasteiger partial charge in [-0.1, -0.05) is 66.7 Å². The Morgan fingerprint density at radius 3 is 1.41 bits per heavy atom. The van der Waals surface area contributed by atoms with Crippen LogP contribution in [0.4, 0.5) is 0 Å². The van der Waals surface area contributed by atoms with Crippen LogP contribution in [-0.4, -0.2) is 0 Å². The molecule has 0 unspecified atom stereocenters. The summed E-state index contributed by atoms with van der Waals surface area (Å²) in [5.41, 5.74) is 0. The third-order valence-corrected chi connectivity index (χ3v) is 6.70. The van der Waals surface area contributed by atoms with Crippen LogP contribution in [-0.2, 0) is 21.6 Å². The summed E-state index contributed by atoms with van der Waals surface area (Å²) in [6.07, 6.45) is 19.9. The van der Waals surface area contributed by atoms with Crippen LogP contribution in [0.5, 0.6) is 0 Å². The van der Waals surface area contributed by atoms with Crippen LogP contribution in [0.25, 0.3) is 0 Å². The normalized spacial score (nSPS) is 17.3. The van der Waals surface area contributed by atoms with Crippen molar-refractivity contribution in [3.05, 3.63) is 136 Å². The van der Waals surface area contributed by atoms with Crippen molar-refractivity contribution in [1.82, 2.24) is 0 Å². The average Bonchev–Trinajstić information content (AvgIpc) is 3.44. The molecule has 2 fully saturated rings. The summed E-state index contributed by atoms with van der Waals surface area (Å²) in [7, 11) is -2.75. The summed E-state index contributed by atoms with van der Waals surface area (Å²) in [6.45, 7) is 0. The first-order valence-corrected chi connectivity index (χ1v) is 10.4. The molecule has 0 spiro atoms. The molecule has 0 aromatic heterocycles. The molecule has 0 bridgehead atoms. The predicted molar refractivity (Wildman–Crippen MR) is 111 cm³/mol. The minimum atomic E-state index is -2.75. The Labute approximate surface area is 175 Å². The van der Waals surface area contributed by atoms with Crippen LogP contribution in [0.2, 0.25) is 0 Å². The minimum absolute atomic E-state index is 0. The Balaban J connectivity index is 0.000000379. The van der Waals surface area contributed by atoms with Gasteiger partial charge in [-0.2, -0.15) is 0 Å². The van der Waals surface area contributed by atoms with Crippen molar-refractivity contribution >= 4 is 17.8 Å². The van der Waals surface area contributed by atoms with E-state index in [1.54, 1.807) is 0 Å². The Bertz CT molecular complexity index is 665. The van der Waals surface area contributed by atoms with Crippen molar-refractivity contribution in [3.8, 4) is 0 Å². The monoisotopic (exact) mass is 412 g/mol. The van der Waals surface area contributed by atoms with Crippen molar-refractivity contribution in [2.45, 2.75) is 0 Å². The molecule has 0 amide bonds. The van der Waals surface area contributed by atoms with E-state index in [-0.39, 0.29) is 17.1 Å². The first-order chi connectivity index (χ1) is 12.8. The average molecular weight is 412 g/mol. The molecular weight excluding hydrogens is 391 g/mol. The van der Waals surface area contributed by atoms with E-state index < -0.39 is 7.14 Å². The number of hydrogen-bond donors (Lipinski definition) is 0. The maximum Gasteiger partial charge on any atom is 0.163 e. The molecule has 2 aliphatic rings. The maximum atomic E-state index is 13.6. The van der Waals surface area contributed by atoms with E-state index in [1.807, 2.05) is 130 Å². The molecule has 0 atom stereocenters. The fraction of sp³-hybridized carbons (Fsp3) is 0. The zero-order valence-corrected chi connectivity index (χ0v) is 16.8.